The van der Waals surface area contributed by atoms with Crippen molar-refractivity contribution in [1.82, 2.24) is 12.3 Å². The molecule has 0 spiro atoms. The molecule has 0 bridgehead atoms. The van der Waals surface area contributed by atoms with Crippen molar-refractivity contribution in [2.24, 2.45) is 0 Å². The third-order valence-electron chi connectivity index (χ3n) is 0.333. The molecule has 10 N–H and O–H groups in total. The predicted octanol–water partition coefficient (Wildman–Crippen LogP) is -7.22. The van der Waals surface area contributed by atoms with E-state index in [0.29, 0.717) is 0 Å². The molecule has 0 fully saturated rings. The van der Waals surface area contributed by atoms with Crippen LogP contribution in [0.4, 0.5) is 0 Å². The molecule has 17 heavy (non-hydrogen) atoms. The monoisotopic (exact) mass is 294 g/mol. The number of carboxylic acid groups (broad SMARTS) is 4. The van der Waals surface area contributed by atoms with Gasteiger partial charge in [0.15, 0.2) is 0 Å². The molecule has 0 aromatic rings. The summed E-state index contributed by atoms with van der Waals surface area (Å²) >= 11 is 0. The number of quaternary nitrogens is 2. The van der Waals surface area contributed by atoms with Crippen LogP contribution in [0.25, 0.3) is 0 Å². The Morgan fingerprint density at radius 1 is 0.588 bits per heavy atom. The molecular weight excluding hydrogens is 284 g/mol. The zero-order valence-electron chi connectivity index (χ0n) is 8.67. The molecule has 0 aromatic heterocycles. The average Bonchev–Trinajstić information content (AvgIpc) is 1.88. The van der Waals surface area contributed by atoms with Crippen LogP contribution < -0.4 is 32.7 Å². The Balaban J connectivity index is -0.0000000182. The number of aliphatic carboxylic acids is 4. The van der Waals surface area contributed by atoms with Crippen molar-refractivity contribution in [1.29, 1.82) is 0 Å². The molecule has 0 rings (SSSR count). The van der Waals surface area contributed by atoms with Crippen LogP contribution in [0, 0.1) is 0 Å². The normalized spacial score (nSPS) is 5.18. The van der Waals surface area contributed by atoms with Crippen molar-refractivity contribution >= 4 is 23.9 Å². The molecule has 12 nitrogen and oxygen atoms in total. The minimum atomic E-state index is -2.19. The van der Waals surface area contributed by atoms with Gasteiger partial charge in [0.2, 0.25) is 0 Å². The third kappa shape index (κ3) is 53.9. The van der Waals surface area contributed by atoms with Crippen molar-refractivity contribution in [3.05, 3.63) is 0 Å². The van der Waals surface area contributed by atoms with Crippen LogP contribution in [0.2, 0.25) is 0 Å². The molecule has 0 aliphatic heterocycles. The summed E-state index contributed by atoms with van der Waals surface area (Å²) in [5, 5.41) is 35.7. The van der Waals surface area contributed by atoms with E-state index >= 15 is 0 Å². The van der Waals surface area contributed by atoms with Crippen LogP contribution in [0.1, 0.15) is 0 Å². The first-order chi connectivity index (χ1) is 5.29. The maximum atomic E-state index is 8.93. The molecule has 0 saturated carbocycles. The summed E-state index contributed by atoms with van der Waals surface area (Å²) in [7, 11) is 0. The fourth-order valence-corrected chi connectivity index (χ4v) is 0. The molecular formula is C4H10N2O10Ti. The minimum Gasteiger partial charge on any atom is -2.00 e. The standard InChI is InChI=1S/2C2H2O4.2H3N.H2O.O.Ti/c2*3-1(4)2(5)6;;;;;/h2*(H,3,4)(H,5,6);2*1H3;1H2;;/q;;;;;-2;+4/p-2. The van der Waals surface area contributed by atoms with Crippen LogP contribution in [-0.4, -0.2) is 29.4 Å². The second-order valence-electron chi connectivity index (χ2n) is 1.15. The SMILES string of the molecule is O.O=C([O-])C(=O)[O-].O=C([O-])C(=O)[O-].[NH4+].[NH4+].[O-2].[Ti+4]. The Bertz CT molecular complexity index is 182. The van der Waals surface area contributed by atoms with Crippen molar-refractivity contribution in [3.63, 3.8) is 0 Å². The molecule has 0 unspecified atom stereocenters. The molecule has 0 atom stereocenters. The summed E-state index contributed by atoms with van der Waals surface area (Å²) in [5.74, 6) is -8.74. The third-order valence-corrected chi connectivity index (χ3v) is 0.333. The summed E-state index contributed by atoms with van der Waals surface area (Å²) in [4.78, 5) is 35.7. The van der Waals surface area contributed by atoms with Gasteiger partial charge in [-0.25, -0.2) is 0 Å². The molecule has 0 amide bonds. The van der Waals surface area contributed by atoms with E-state index in [-0.39, 0.29) is 45.0 Å². The maximum Gasteiger partial charge on any atom is 4.00 e. The summed E-state index contributed by atoms with van der Waals surface area (Å²) in [6.07, 6.45) is 0. The van der Waals surface area contributed by atoms with E-state index in [1.807, 2.05) is 0 Å². The largest absolute Gasteiger partial charge is 4.00 e. The fraction of sp³-hybridized carbons (Fsp3) is 0. The van der Waals surface area contributed by atoms with Gasteiger partial charge in [-0.05, 0) is 0 Å². The number of rotatable bonds is 0. The molecule has 0 heterocycles. The first kappa shape index (κ1) is 45.2. The first-order valence-electron chi connectivity index (χ1n) is 2.13. The number of carboxylic acids is 4. The molecule has 0 aliphatic carbocycles. The Kier molecular flexibility index (Phi) is 63.6. The van der Waals surface area contributed by atoms with Gasteiger partial charge in [-0.3, -0.25) is 0 Å². The van der Waals surface area contributed by atoms with Crippen LogP contribution in [-0.2, 0) is 46.4 Å². The van der Waals surface area contributed by atoms with Gasteiger partial charge in [0.25, 0.3) is 0 Å². The van der Waals surface area contributed by atoms with E-state index in [9.17, 15) is 0 Å². The van der Waals surface area contributed by atoms with Crippen LogP contribution in [0.15, 0.2) is 0 Å². The van der Waals surface area contributed by atoms with Crippen LogP contribution >= 0.6 is 0 Å². The number of hydrogen-bond donors (Lipinski definition) is 2. The van der Waals surface area contributed by atoms with Gasteiger partial charge in [-0.1, -0.05) is 0 Å². The quantitative estimate of drug-likeness (QED) is 0.318. The molecule has 0 aliphatic rings. The van der Waals surface area contributed by atoms with Gasteiger partial charge >= 0.3 is 21.7 Å². The summed E-state index contributed by atoms with van der Waals surface area (Å²) < 4.78 is 0. The Labute approximate surface area is 109 Å². The van der Waals surface area contributed by atoms with Gasteiger partial charge < -0.3 is 62.9 Å². The Morgan fingerprint density at radius 3 is 0.647 bits per heavy atom. The maximum absolute atomic E-state index is 8.93. The second-order valence-corrected chi connectivity index (χ2v) is 1.15. The van der Waals surface area contributed by atoms with Gasteiger partial charge in [0.1, 0.15) is 0 Å². The molecule has 0 aromatic carbocycles. The van der Waals surface area contributed by atoms with Gasteiger partial charge in [-0.15, -0.1) is 0 Å². The van der Waals surface area contributed by atoms with Gasteiger partial charge in [-0.2, -0.15) is 0 Å². The number of carbonyl (C=O) groups is 4. The first-order valence-corrected chi connectivity index (χ1v) is 2.13. The van der Waals surface area contributed by atoms with E-state index in [4.69, 9.17) is 39.6 Å². The van der Waals surface area contributed by atoms with Crippen molar-refractivity contribution in [3.8, 4) is 0 Å². The number of hydrogen-bond acceptors (Lipinski definition) is 8. The fourth-order valence-electron chi connectivity index (χ4n) is 0. The van der Waals surface area contributed by atoms with E-state index in [0.717, 1.165) is 0 Å². The zero-order chi connectivity index (χ0) is 10.3. The van der Waals surface area contributed by atoms with Crippen LogP contribution in [0.3, 0.4) is 0 Å². The predicted molar refractivity (Wildman–Crippen MR) is 36.3 cm³/mol. The van der Waals surface area contributed by atoms with E-state index < -0.39 is 23.9 Å². The van der Waals surface area contributed by atoms with Gasteiger partial charge in [0.05, 0.1) is 23.9 Å². The molecule has 0 radical (unpaired) electrons. The summed E-state index contributed by atoms with van der Waals surface area (Å²) in [6.45, 7) is 0. The zero-order valence-corrected chi connectivity index (χ0v) is 10.2. The second kappa shape index (κ2) is 23.9. The van der Waals surface area contributed by atoms with E-state index in [1.54, 1.807) is 0 Å². The molecule has 13 heteroatoms. The minimum absolute atomic E-state index is 0. The average molecular weight is 294 g/mol. The van der Waals surface area contributed by atoms with Crippen molar-refractivity contribution < 1.29 is 72.3 Å². The van der Waals surface area contributed by atoms with E-state index in [2.05, 4.69) is 0 Å². The van der Waals surface area contributed by atoms with Crippen molar-refractivity contribution in [2.75, 3.05) is 0 Å². The Hall–Kier alpha value is -1.57. The van der Waals surface area contributed by atoms with Crippen LogP contribution in [0.5, 0.6) is 0 Å². The van der Waals surface area contributed by atoms with Crippen molar-refractivity contribution in [2.45, 2.75) is 0 Å². The summed E-state index contributed by atoms with van der Waals surface area (Å²) in [6, 6.07) is 0. The number of carbonyl (C=O) groups excluding carboxylic acids is 4. The molecule has 0 saturated heterocycles. The topological polar surface area (TPSA) is 294 Å². The smallest absolute Gasteiger partial charge is 2.00 e. The van der Waals surface area contributed by atoms with E-state index in [1.165, 1.54) is 0 Å². The summed E-state index contributed by atoms with van der Waals surface area (Å²) in [5.41, 5.74) is 0. The molecule has 100 valence electrons. The van der Waals surface area contributed by atoms with Gasteiger partial charge in [0, 0.05) is 0 Å². The Morgan fingerprint density at radius 2 is 0.647 bits per heavy atom.